The second-order valence-electron chi connectivity index (χ2n) is 7.32. The smallest absolute Gasteiger partial charge is 0.315 e. The predicted octanol–water partition coefficient (Wildman–Crippen LogP) is 4.12. The Labute approximate surface area is 169 Å². The average Bonchev–Trinajstić information content (AvgIpc) is 3.09. The largest absolute Gasteiger partial charge is 0.337 e. The van der Waals surface area contributed by atoms with E-state index in [9.17, 15) is 4.79 Å². The third-order valence-electron chi connectivity index (χ3n) is 3.79. The van der Waals surface area contributed by atoms with E-state index >= 15 is 0 Å². The van der Waals surface area contributed by atoms with E-state index < -0.39 is 0 Å². The first-order valence-corrected chi connectivity index (χ1v) is 10.2. The Bertz CT molecular complexity index is 904. The summed E-state index contributed by atoms with van der Waals surface area (Å²) >= 11 is 1.56. The molecule has 2 N–H and O–H groups in total. The van der Waals surface area contributed by atoms with E-state index in [0.717, 1.165) is 22.2 Å². The molecule has 0 fully saturated rings. The summed E-state index contributed by atoms with van der Waals surface area (Å²) in [5.41, 5.74) is 1.76. The Morgan fingerprint density at radius 3 is 2.29 bits per heavy atom. The average molecular weight is 396 g/mol. The van der Waals surface area contributed by atoms with Gasteiger partial charge in [-0.2, -0.15) is 0 Å². The van der Waals surface area contributed by atoms with Gasteiger partial charge >= 0.3 is 6.03 Å². The number of nitrogens with one attached hydrogen (secondary N) is 2. The molecule has 0 aliphatic heterocycles. The van der Waals surface area contributed by atoms with Crippen LogP contribution in [-0.4, -0.2) is 38.6 Å². The minimum absolute atomic E-state index is 0.164. The minimum Gasteiger partial charge on any atom is -0.337 e. The lowest BCUT2D eigenvalue weighted by atomic mass is 10.1. The zero-order valence-corrected chi connectivity index (χ0v) is 17.2. The molecule has 3 aromatic rings. The van der Waals surface area contributed by atoms with Crippen LogP contribution < -0.4 is 10.6 Å². The molecule has 0 aliphatic carbocycles. The quantitative estimate of drug-likeness (QED) is 0.486. The molecule has 6 nitrogen and oxygen atoms in total. The van der Waals surface area contributed by atoms with Gasteiger partial charge in [-0.05, 0) is 32.9 Å². The lowest BCUT2D eigenvalue weighted by Gasteiger charge is -2.20. The van der Waals surface area contributed by atoms with Crippen molar-refractivity contribution in [3.63, 3.8) is 0 Å². The van der Waals surface area contributed by atoms with Gasteiger partial charge in [-0.3, -0.25) is 4.57 Å². The molecule has 0 atom stereocenters. The van der Waals surface area contributed by atoms with Crippen LogP contribution in [0.3, 0.4) is 0 Å². The zero-order valence-electron chi connectivity index (χ0n) is 16.3. The molecule has 0 spiro atoms. The Hall–Kier alpha value is -2.80. The Balaban J connectivity index is 1.73. The number of carbonyl (C=O) groups is 1. The van der Waals surface area contributed by atoms with E-state index in [2.05, 4.69) is 25.4 Å². The van der Waals surface area contributed by atoms with Crippen LogP contribution in [0.4, 0.5) is 4.79 Å². The molecule has 1 heterocycles. The number of thioether (sulfide) groups is 1. The summed E-state index contributed by atoms with van der Waals surface area (Å²) in [4.78, 5) is 11.9. The van der Waals surface area contributed by atoms with Crippen LogP contribution in [0.5, 0.6) is 0 Å². The Kier molecular flexibility index (Phi) is 6.36. The maximum absolute atomic E-state index is 11.9. The Morgan fingerprint density at radius 2 is 1.64 bits per heavy atom. The first-order valence-electron chi connectivity index (χ1n) is 9.19. The van der Waals surface area contributed by atoms with E-state index in [-0.39, 0.29) is 11.6 Å². The number of nitrogens with zero attached hydrogens (tertiary/aromatic N) is 3. The maximum atomic E-state index is 11.9. The topological polar surface area (TPSA) is 71.8 Å². The van der Waals surface area contributed by atoms with Gasteiger partial charge in [0.2, 0.25) is 0 Å². The lowest BCUT2D eigenvalue weighted by molar-refractivity contribution is 0.232. The SMILES string of the molecule is CC(C)(C)NC(=O)NCCSc1nnc(-c2ccccc2)n1-c1ccccc1. The summed E-state index contributed by atoms with van der Waals surface area (Å²) in [6.45, 7) is 6.40. The highest BCUT2D eigenvalue weighted by Crippen LogP contribution is 2.27. The van der Waals surface area contributed by atoms with Crippen LogP contribution in [0, 0.1) is 0 Å². The molecule has 146 valence electrons. The standard InChI is InChI=1S/C21H25N5OS/c1-21(2,3)23-19(27)22-14-15-28-20-25-24-18(16-10-6-4-7-11-16)26(20)17-12-8-5-9-13-17/h4-13H,14-15H2,1-3H3,(H2,22,23,27). The van der Waals surface area contributed by atoms with Gasteiger partial charge in [0.1, 0.15) is 0 Å². The monoisotopic (exact) mass is 395 g/mol. The molecule has 0 saturated carbocycles. The Morgan fingerprint density at radius 1 is 1.00 bits per heavy atom. The summed E-state index contributed by atoms with van der Waals surface area (Å²) in [6.07, 6.45) is 0. The normalized spacial score (nSPS) is 11.2. The highest BCUT2D eigenvalue weighted by atomic mass is 32.2. The highest BCUT2D eigenvalue weighted by molar-refractivity contribution is 7.99. The molecule has 28 heavy (non-hydrogen) atoms. The fraction of sp³-hybridized carbons (Fsp3) is 0.286. The fourth-order valence-corrected chi connectivity index (χ4v) is 3.45. The lowest BCUT2D eigenvalue weighted by Crippen LogP contribution is -2.46. The van der Waals surface area contributed by atoms with Crippen molar-refractivity contribution in [1.82, 2.24) is 25.4 Å². The number of aromatic nitrogens is 3. The number of hydrogen-bond acceptors (Lipinski definition) is 4. The molecule has 7 heteroatoms. The molecule has 0 unspecified atom stereocenters. The third kappa shape index (κ3) is 5.36. The van der Waals surface area contributed by atoms with E-state index in [1.807, 2.05) is 81.4 Å². The van der Waals surface area contributed by atoms with Gasteiger partial charge in [-0.15, -0.1) is 10.2 Å². The van der Waals surface area contributed by atoms with Crippen LogP contribution in [0.15, 0.2) is 65.8 Å². The van der Waals surface area contributed by atoms with Gasteiger partial charge in [0.25, 0.3) is 0 Å². The summed E-state index contributed by atoms with van der Waals surface area (Å²) in [7, 11) is 0. The van der Waals surface area contributed by atoms with Crippen molar-refractivity contribution in [2.24, 2.45) is 0 Å². The second kappa shape index (κ2) is 8.93. The fourth-order valence-electron chi connectivity index (χ4n) is 2.64. The number of rotatable bonds is 6. The molecule has 0 radical (unpaired) electrons. The van der Waals surface area contributed by atoms with Crippen molar-refractivity contribution < 1.29 is 4.79 Å². The van der Waals surface area contributed by atoms with Crippen molar-refractivity contribution in [2.75, 3.05) is 12.3 Å². The van der Waals surface area contributed by atoms with Gasteiger partial charge in [0.05, 0.1) is 0 Å². The maximum Gasteiger partial charge on any atom is 0.315 e. The molecule has 0 saturated heterocycles. The number of hydrogen-bond donors (Lipinski definition) is 2. The van der Waals surface area contributed by atoms with Gasteiger partial charge < -0.3 is 10.6 Å². The van der Waals surface area contributed by atoms with Gasteiger partial charge in [-0.1, -0.05) is 60.3 Å². The van der Waals surface area contributed by atoms with Crippen LogP contribution in [-0.2, 0) is 0 Å². The van der Waals surface area contributed by atoms with Crippen molar-refractivity contribution in [1.29, 1.82) is 0 Å². The molecular formula is C21H25N5OS. The molecule has 2 aromatic carbocycles. The number of urea groups is 1. The molecule has 3 rings (SSSR count). The minimum atomic E-state index is -0.255. The van der Waals surface area contributed by atoms with Crippen molar-refractivity contribution in [3.8, 4) is 17.1 Å². The van der Waals surface area contributed by atoms with Gasteiger partial charge in [0, 0.05) is 29.1 Å². The molecule has 0 bridgehead atoms. The number of amides is 2. The van der Waals surface area contributed by atoms with Crippen LogP contribution in [0.2, 0.25) is 0 Å². The first-order chi connectivity index (χ1) is 13.4. The number of para-hydroxylation sites is 1. The summed E-state index contributed by atoms with van der Waals surface area (Å²) in [5.74, 6) is 1.49. The predicted molar refractivity (Wildman–Crippen MR) is 114 cm³/mol. The summed E-state index contributed by atoms with van der Waals surface area (Å²) in [6, 6.07) is 19.9. The summed E-state index contributed by atoms with van der Waals surface area (Å²) in [5, 5.41) is 15.4. The van der Waals surface area contributed by atoms with E-state index in [4.69, 9.17) is 0 Å². The second-order valence-corrected chi connectivity index (χ2v) is 8.38. The number of benzene rings is 2. The van der Waals surface area contributed by atoms with Crippen molar-refractivity contribution in [2.45, 2.75) is 31.5 Å². The van der Waals surface area contributed by atoms with Crippen LogP contribution in [0.1, 0.15) is 20.8 Å². The van der Waals surface area contributed by atoms with E-state index in [0.29, 0.717) is 12.3 Å². The zero-order chi connectivity index (χ0) is 20.0. The molecule has 1 aromatic heterocycles. The van der Waals surface area contributed by atoms with E-state index in [1.165, 1.54) is 0 Å². The van der Waals surface area contributed by atoms with Crippen LogP contribution >= 0.6 is 11.8 Å². The first kappa shape index (κ1) is 19.9. The molecule has 0 aliphatic rings. The van der Waals surface area contributed by atoms with Gasteiger partial charge in [-0.25, -0.2) is 4.79 Å². The summed E-state index contributed by atoms with van der Waals surface area (Å²) < 4.78 is 2.05. The molecular weight excluding hydrogens is 370 g/mol. The van der Waals surface area contributed by atoms with Crippen molar-refractivity contribution in [3.05, 3.63) is 60.7 Å². The van der Waals surface area contributed by atoms with Gasteiger partial charge in [0.15, 0.2) is 11.0 Å². The number of carbonyl (C=O) groups excluding carboxylic acids is 1. The highest BCUT2D eigenvalue weighted by Gasteiger charge is 2.16. The van der Waals surface area contributed by atoms with Crippen LogP contribution in [0.25, 0.3) is 17.1 Å². The third-order valence-corrected chi connectivity index (χ3v) is 4.72. The van der Waals surface area contributed by atoms with Crippen molar-refractivity contribution >= 4 is 17.8 Å². The van der Waals surface area contributed by atoms with E-state index in [1.54, 1.807) is 11.8 Å². The molecule has 2 amide bonds.